The number of aliphatic hydroxyl groups excluding tert-OH is 1. The molecule has 0 aliphatic heterocycles. The van der Waals surface area contributed by atoms with Crippen LogP contribution in [0, 0.1) is 5.92 Å². The first kappa shape index (κ1) is 21.3. The van der Waals surface area contributed by atoms with Crippen LogP contribution in [0.5, 0.6) is 5.75 Å². The van der Waals surface area contributed by atoms with Gasteiger partial charge in [0.15, 0.2) is 0 Å². The second kappa shape index (κ2) is 10.4. The van der Waals surface area contributed by atoms with E-state index >= 15 is 0 Å². The summed E-state index contributed by atoms with van der Waals surface area (Å²) in [6.45, 7) is 0.528. The van der Waals surface area contributed by atoms with Gasteiger partial charge in [-0.15, -0.1) is 0 Å². The summed E-state index contributed by atoms with van der Waals surface area (Å²) in [4.78, 5) is 17.6. The van der Waals surface area contributed by atoms with Crippen LogP contribution in [0.1, 0.15) is 43.2 Å². The molecule has 3 aromatic rings. The molecule has 4 rings (SSSR count). The minimum atomic E-state index is -0.324. The van der Waals surface area contributed by atoms with E-state index in [1.807, 2.05) is 42.5 Å². The van der Waals surface area contributed by atoms with Gasteiger partial charge in [0.1, 0.15) is 23.0 Å². The van der Waals surface area contributed by atoms with E-state index in [-0.39, 0.29) is 18.1 Å². The summed E-state index contributed by atoms with van der Waals surface area (Å²) in [5.74, 6) is 1.11. The second-order valence-corrected chi connectivity index (χ2v) is 8.27. The largest absolute Gasteiger partial charge is 0.492 e. The molecule has 1 unspecified atom stereocenters. The topological polar surface area (TPSA) is 72.0 Å². The van der Waals surface area contributed by atoms with Gasteiger partial charge in [0.25, 0.3) is 0 Å². The molecule has 5 nitrogen and oxygen atoms in total. The van der Waals surface area contributed by atoms with Crippen LogP contribution in [-0.4, -0.2) is 30.6 Å². The SMILES string of the molecule is O=c1c(C=NC(CO)Cc2ccccc2)coc2cccc(OCC3CCCCC3)c12. The molecule has 2 aromatic carbocycles. The van der Waals surface area contributed by atoms with Crippen molar-refractivity contribution in [1.82, 2.24) is 0 Å². The Morgan fingerprint density at radius 3 is 2.68 bits per heavy atom. The molecule has 0 saturated heterocycles. The smallest absolute Gasteiger partial charge is 0.205 e. The van der Waals surface area contributed by atoms with Crippen LogP contribution >= 0.6 is 0 Å². The van der Waals surface area contributed by atoms with Gasteiger partial charge in [-0.1, -0.05) is 55.7 Å². The van der Waals surface area contributed by atoms with E-state index in [1.54, 1.807) is 6.07 Å². The zero-order valence-electron chi connectivity index (χ0n) is 17.7. The lowest BCUT2D eigenvalue weighted by atomic mass is 9.90. The fourth-order valence-corrected chi connectivity index (χ4v) is 4.16. The first-order chi connectivity index (χ1) is 15.2. The zero-order valence-corrected chi connectivity index (χ0v) is 17.7. The molecule has 1 fully saturated rings. The van der Waals surface area contributed by atoms with Gasteiger partial charge in [-0.3, -0.25) is 9.79 Å². The maximum absolute atomic E-state index is 13.2. The molecule has 1 aromatic heterocycles. The van der Waals surface area contributed by atoms with Gasteiger partial charge in [-0.2, -0.15) is 0 Å². The number of nitrogens with zero attached hydrogens (tertiary/aromatic N) is 1. The van der Waals surface area contributed by atoms with E-state index < -0.39 is 0 Å². The first-order valence-electron chi connectivity index (χ1n) is 11.1. The maximum atomic E-state index is 13.2. The zero-order chi connectivity index (χ0) is 21.5. The van der Waals surface area contributed by atoms with Gasteiger partial charge >= 0.3 is 0 Å². The Labute approximate surface area is 182 Å². The van der Waals surface area contributed by atoms with Crippen molar-refractivity contribution in [1.29, 1.82) is 0 Å². The Hall–Kier alpha value is -2.92. The summed E-state index contributed by atoms with van der Waals surface area (Å²) < 4.78 is 11.8. The summed E-state index contributed by atoms with van der Waals surface area (Å²) in [6, 6.07) is 15.0. The van der Waals surface area contributed by atoms with Gasteiger partial charge in [-0.05, 0) is 42.9 Å². The van der Waals surface area contributed by atoms with Gasteiger partial charge < -0.3 is 14.3 Å². The Kier molecular flexibility index (Phi) is 7.15. The molecule has 1 atom stereocenters. The highest BCUT2D eigenvalue weighted by Crippen LogP contribution is 2.27. The fraction of sp³-hybridized carbons (Fsp3) is 0.385. The summed E-state index contributed by atoms with van der Waals surface area (Å²) in [7, 11) is 0. The summed E-state index contributed by atoms with van der Waals surface area (Å²) >= 11 is 0. The molecular weight excluding hydrogens is 390 g/mol. The standard InChI is InChI=1S/C26H29NO4/c28-16-22(14-19-8-3-1-4-9-19)27-15-21-18-31-24-13-7-12-23(25(24)26(21)29)30-17-20-10-5-2-6-11-20/h1,3-4,7-9,12-13,15,18,20,22,28H,2,5-6,10-11,14,16-17H2. The van der Waals surface area contributed by atoms with Crippen LogP contribution in [0.25, 0.3) is 11.0 Å². The maximum Gasteiger partial charge on any atom is 0.205 e. The van der Waals surface area contributed by atoms with Gasteiger partial charge in [0.2, 0.25) is 5.43 Å². The molecule has 0 amide bonds. The highest BCUT2D eigenvalue weighted by atomic mass is 16.5. The molecule has 1 aliphatic carbocycles. The summed E-state index contributed by atoms with van der Waals surface area (Å²) in [5, 5.41) is 10.2. The van der Waals surface area contributed by atoms with Crippen LogP contribution in [0.4, 0.5) is 0 Å². The average molecular weight is 420 g/mol. The molecule has 31 heavy (non-hydrogen) atoms. The Bertz CT molecular complexity index is 1070. The fourth-order valence-electron chi connectivity index (χ4n) is 4.16. The minimum Gasteiger partial charge on any atom is -0.492 e. The van der Waals surface area contributed by atoms with E-state index in [2.05, 4.69) is 4.99 Å². The number of hydrogen-bond donors (Lipinski definition) is 1. The molecule has 0 spiro atoms. The Morgan fingerprint density at radius 1 is 1.10 bits per heavy atom. The molecule has 1 aliphatic rings. The van der Waals surface area contributed by atoms with Crippen LogP contribution < -0.4 is 10.2 Å². The van der Waals surface area contributed by atoms with E-state index in [9.17, 15) is 9.90 Å². The lowest BCUT2D eigenvalue weighted by Gasteiger charge is -2.21. The van der Waals surface area contributed by atoms with Crippen LogP contribution in [0.3, 0.4) is 0 Å². The monoisotopic (exact) mass is 419 g/mol. The van der Waals surface area contributed by atoms with Crippen molar-refractivity contribution < 1.29 is 14.3 Å². The number of aliphatic hydroxyl groups is 1. The number of rotatable bonds is 8. The number of aliphatic imine (C=N–C) groups is 1. The third-order valence-electron chi connectivity index (χ3n) is 5.94. The van der Waals surface area contributed by atoms with Gasteiger partial charge in [0.05, 0.1) is 24.8 Å². The van der Waals surface area contributed by atoms with E-state index in [0.717, 1.165) is 5.56 Å². The molecule has 1 N–H and O–H groups in total. The van der Waals surface area contributed by atoms with Gasteiger partial charge in [0, 0.05) is 6.21 Å². The first-order valence-corrected chi connectivity index (χ1v) is 11.1. The molecule has 0 radical (unpaired) electrons. The highest BCUT2D eigenvalue weighted by molar-refractivity contribution is 5.89. The van der Waals surface area contributed by atoms with Crippen LogP contribution in [0.2, 0.25) is 0 Å². The predicted octanol–water partition coefficient (Wildman–Crippen LogP) is 4.77. The highest BCUT2D eigenvalue weighted by Gasteiger charge is 2.16. The van der Waals surface area contributed by atoms with Crippen molar-refractivity contribution in [3.05, 3.63) is 76.1 Å². The third-order valence-corrected chi connectivity index (χ3v) is 5.94. The average Bonchev–Trinajstić information content (AvgIpc) is 2.82. The molecular formula is C26H29NO4. The quantitative estimate of drug-likeness (QED) is 0.534. The van der Waals surface area contributed by atoms with Crippen molar-refractivity contribution in [2.24, 2.45) is 10.9 Å². The Balaban J connectivity index is 1.54. The van der Waals surface area contributed by atoms with E-state index in [1.165, 1.54) is 44.6 Å². The van der Waals surface area contributed by atoms with Crippen molar-refractivity contribution in [3.63, 3.8) is 0 Å². The molecule has 0 bridgehead atoms. The van der Waals surface area contributed by atoms with E-state index in [4.69, 9.17) is 9.15 Å². The molecule has 1 saturated carbocycles. The van der Waals surface area contributed by atoms with Crippen LogP contribution in [0.15, 0.2) is 69.0 Å². The number of fused-ring (bicyclic) bond motifs is 1. The predicted molar refractivity (Wildman–Crippen MR) is 123 cm³/mol. The van der Waals surface area contributed by atoms with Crippen molar-refractivity contribution >= 4 is 17.2 Å². The summed E-state index contributed by atoms with van der Waals surface area (Å²) in [6.07, 6.45) is 9.70. The number of benzene rings is 2. The Morgan fingerprint density at radius 2 is 1.90 bits per heavy atom. The molecule has 5 heteroatoms. The van der Waals surface area contributed by atoms with Crippen molar-refractivity contribution in [3.8, 4) is 5.75 Å². The van der Waals surface area contributed by atoms with Crippen molar-refractivity contribution in [2.45, 2.75) is 44.6 Å². The summed E-state index contributed by atoms with van der Waals surface area (Å²) in [5.41, 5.74) is 1.78. The van der Waals surface area contributed by atoms with Crippen molar-refractivity contribution in [2.75, 3.05) is 13.2 Å². The lowest BCUT2D eigenvalue weighted by molar-refractivity contribution is 0.210. The normalized spacial score (nSPS) is 16.0. The van der Waals surface area contributed by atoms with Gasteiger partial charge in [-0.25, -0.2) is 0 Å². The molecule has 1 heterocycles. The minimum absolute atomic E-state index is 0.0972. The molecule has 162 valence electrons. The number of hydrogen-bond acceptors (Lipinski definition) is 5. The number of ether oxygens (including phenoxy) is 1. The van der Waals surface area contributed by atoms with Crippen LogP contribution in [-0.2, 0) is 6.42 Å². The second-order valence-electron chi connectivity index (χ2n) is 8.27. The lowest BCUT2D eigenvalue weighted by Crippen LogP contribution is -2.17. The van der Waals surface area contributed by atoms with E-state index in [0.29, 0.717) is 41.2 Å². The third kappa shape index (κ3) is 5.42.